The maximum atomic E-state index is 11.0. The molecular weight excluding hydrogens is 280 g/mol. The highest BCUT2D eigenvalue weighted by atomic mass is 16.4. The SMILES string of the molecule is N#CCCn1cc(/C=C(\C#N)C(=O)O)c(-c2ccccc2)n1. The molecule has 0 aliphatic heterocycles. The van der Waals surface area contributed by atoms with Crippen LogP contribution in [0.3, 0.4) is 0 Å². The smallest absolute Gasteiger partial charge is 0.346 e. The van der Waals surface area contributed by atoms with Gasteiger partial charge in [0.1, 0.15) is 11.6 Å². The van der Waals surface area contributed by atoms with Gasteiger partial charge in [-0.1, -0.05) is 30.3 Å². The van der Waals surface area contributed by atoms with Crippen LogP contribution in [-0.4, -0.2) is 20.9 Å². The van der Waals surface area contributed by atoms with Gasteiger partial charge in [0.15, 0.2) is 0 Å². The summed E-state index contributed by atoms with van der Waals surface area (Å²) in [6, 6.07) is 12.9. The van der Waals surface area contributed by atoms with Crippen LogP contribution in [0, 0.1) is 22.7 Å². The van der Waals surface area contributed by atoms with Gasteiger partial charge < -0.3 is 5.11 Å². The second-order valence-electron chi connectivity index (χ2n) is 4.45. The number of rotatable bonds is 5. The molecule has 1 N–H and O–H groups in total. The molecule has 2 rings (SSSR count). The first-order valence-corrected chi connectivity index (χ1v) is 6.50. The molecule has 6 heteroatoms. The fourth-order valence-electron chi connectivity index (χ4n) is 1.94. The fraction of sp³-hybridized carbons (Fsp3) is 0.125. The molecule has 0 spiro atoms. The highest BCUT2D eigenvalue weighted by Gasteiger charge is 2.13. The summed E-state index contributed by atoms with van der Waals surface area (Å²) in [5, 5.41) is 30.9. The summed E-state index contributed by atoms with van der Waals surface area (Å²) in [7, 11) is 0. The normalized spacial score (nSPS) is 10.7. The number of carboxylic acids is 1. The van der Waals surface area contributed by atoms with E-state index in [0.29, 0.717) is 24.2 Å². The quantitative estimate of drug-likeness (QED) is 0.673. The Kier molecular flexibility index (Phi) is 4.69. The van der Waals surface area contributed by atoms with E-state index >= 15 is 0 Å². The predicted molar refractivity (Wildman–Crippen MR) is 79.1 cm³/mol. The molecule has 0 saturated heterocycles. The van der Waals surface area contributed by atoms with Crippen molar-refractivity contribution in [1.82, 2.24) is 9.78 Å². The molecule has 1 aromatic heterocycles. The molecule has 2 aromatic rings. The zero-order chi connectivity index (χ0) is 15.9. The first kappa shape index (κ1) is 15.0. The number of aliphatic carboxylic acids is 1. The Hall–Kier alpha value is -3.38. The van der Waals surface area contributed by atoms with Crippen LogP contribution in [0.4, 0.5) is 0 Å². The summed E-state index contributed by atoms with van der Waals surface area (Å²) < 4.78 is 1.58. The maximum Gasteiger partial charge on any atom is 0.346 e. The average molecular weight is 292 g/mol. The second-order valence-corrected chi connectivity index (χ2v) is 4.45. The topological polar surface area (TPSA) is 103 Å². The van der Waals surface area contributed by atoms with Crippen LogP contribution in [0.2, 0.25) is 0 Å². The van der Waals surface area contributed by atoms with Crippen LogP contribution in [0.5, 0.6) is 0 Å². The van der Waals surface area contributed by atoms with Crippen molar-refractivity contribution >= 4 is 12.0 Å². The Morgan fingerprint density at radius 1 is 1.32 bits per heavy atom. The van der Waals surface area contributed by atoms with Gasteiger partial charge in [0.2, 0.25) is 0 Å². The van der Waals surface area contributed by atoms with Crippen molar-refractivity contribution in [2.75, 3.05) is 0 Å². The molecule has 0 fully saturated rings. The van der Waals surface area contributed by atoms with Crippen molar-refractivity contribution in [2.45, 2.75) is 13.0 Å². The third kappa shape index (κ3) is 3.38. The van der Waals surface area contributed by atoms with Crippen molar-refractivity contribution in [1.29, 1.82) is 10.5 Å². The summed E-state index contributed by atoms with van der Waals surface area (Å²) in [6.07, 6.45) is 3.23. The van der Waals surface area contributed by atoms with Crippen molar-refractivity contribution in [3.8, 4) is 23.4 Å². The second kappa shape index (κ2) is 6.87. The summed E-state index contributed by atoms with van der Waals surface area (Å²) in [5.74, 6) is -1.29. The molecule has 1 heterocycles. The molecule has 6 nitrogen and oxygen atoms in total. The van der Waals surface area contributed by atoms with E-state index in [-0.39, 0.29) is 5.57 Å². The third-order valence-electron chi connectivity index (χ3n) is 2.94. The van der Waals surface area contributed by atoms with Crippen LogP contribution < -0.4 is 0 Å². The van der Waals surface area contributed by atoms with Gasteiger partial charge in [0.25, 0.3) is 0 Å². The minimum Gasteiger partial charge on any atom is -0.477 e. The van der Waals surface area contributed by atoms with E-state index in [0.717, 1.165) is 5.56 Å². The zero-order valence-corrected chi connectivity index (χ0v) is 11.6. The minimum absolute atomic E-state index is 0.295. The molecular formula is C16H12N4O2. The van der Waals surface area contributed by atoms with Crippen LogP contribution >= 0.6 is 0 Å². The van der Waals surface area contributed by atoms with E-state index in [1.165, 1.54) is 6.08 Å². The maximum absolute atomic E-state index is 11.0. The molecule has 0 saturated carbocycles. The van der Waals surface area contributed by atoms with E-state index in [9.17, 15) is 4.79 Å². The third-order valence-corrected chi connectivity index (χ3v) is 2.94. The summed E-state index contributed by atoms with van der Waals surface area (Å²) >= 11 is 0. The number of nitrogens with zero attached hydrogens (tertiary/aromatic N) is 4. The first-order chi connectivity index (χ1) is 10.7. The first-order valence-electron chi connectivity index (χ1n) is 6.50. The van der Waals surface area contributed by atoms with E-state index < -0.39 is 5.97 Å². The number of carbonyl (C=O) groups is 1. The largest absolute Gasteiger partial charge is 0.477 e. The van der Waals surface area contributed by atoms with Crippen LogP contribution in [0.15, 0.2) is 42.1 Å². The molecule has 0 amide bonds. The molecule has 0 radical (unpaired) electrons. The Balaban J connectivity index is 2.52. The van der Waals surface area contributed by atoms with E-state index in [1.807, 2.05) is 36.4 Å². The zero-order valence-electron chi connectivity index (χ0n) is 11.6. The number of carboxylic acid groups (broad SMARTS) is 1. The predicted octanol–water partition coefficient (Wildman–Crippen LogP) is 2.46. The lowest BCUT2D eigenvalue weighted by molar-refractivity contribution is -0.132. The van der Waals surface area contributed by atoms with E-state index in [1.54, 1.807) is 16.9 Å². The number of benzene rings is 1. The summed E-state index contributed by atoms with van der Waals surface area (Å²) in [4.78, 5) is 11.0. The number of nitriles is 2. The standard InChI is InChI=1S/C16H12N4O2/c17-7-4-8-20-11-14(9-13(10-18)16(21)22)15(19-20)12-5-2-1-3-6-12/h1-3,5-6,9,11H,4,8H2,(H,21,22)/b13-9+. The van der Waals surface area contributed by atoms with Crippen molar-refractivity contribution in [2.24, 2.45) is 0 Å². The van der Waals surface area contributed by atoms with Gasteiger partial charge in [-0.25, -0.2) is 4.79 Å². The lowest BCUT2D eigenvalue weighted by Crippen LogP contribution is -1.97. The van der Waals surface area contributed by atoms with Gasteiger partial charge in [0, 0.05) is 17.3 Å². The highest BCUT2D eigenvalue weighted by Crippen LogP contribution is 2.24. The fourth-order valence-corrected chi connectivity index (χ4v) is 1.94. The lowest BCUT2D eigenvalue weighted by Gasteiger charge is -1.98. The Labute approximate surface area is 127 Å². The monoisotopic (exact) mass is 292 g/mol. The number of hydrogen-bond acceptors (Lipinski definition) is 4. The molecule has 0 unspecified atom stereocenters. The van der Waals surface area contributed by atoms with Crippen LogP contribution in [0.25, 0.3) is 17.3 Å². The Bertz CT molecular complexity index is 792. The molecule has 22 heavy (non-hydrogen) atoms. The van der Waals surface area contributed by atoms with Gasteiger partial charge in [-0.15, -0.1) is 0 Å². The van der Waals surface area contributed by atoms with Crippen molar-refractivity contribution in [3.05, 3.63) is 47.7 Å². The van der Waals surface area contributed by atoms with Crippen LogP contribution in [0.1, 0.15) is 12.0 Å². The molecule has 0 bridgehead atoms. The van der Waals surface area contributed by atoms with E-state index in [2.05, 4.69) is 5.10 Å². The summed E-state index contributed by atoms with van der Waals surface area (Å²) in [6.45, 7) is 0.402. The Morgan fingerprint density at radius 3 is 2.64 bits per heavy atom. The molecule has 108 valence electrons. The highest BCUT2D eigenvalue weighted by molar-refractivity contribution is 5.97. The van der Waals surface area contributed by atoms with Crippen molar-refractivity contribution < 1.29 is 9.90 Å². The summed E-state index contributed by atoms with van der Waals surface area (Å²) in [5.41, 5.74) is 1.56. The molecule has 1 aromatic carbocycles. The van der Waals surface area contributed by atoms with Crippen molar-refractivity contribution in [3.63, 3.8) is 0 Å². The molecule has 0 aliphatic carbocycles. The van der Waals surface area contributed by atoms with E-state index in [4.69, 9.17) is 15.6 Å². The number of aromatic nitrogens is 2. The van der Waals surface area contributed by atoms with Crippen LogP contribution in [-0.2, 0) is 11.3 Å². The number of hydrogen-bond donors (Lipinski definition) is 1. The van der Waals surface area contributed by atoms with Gasteiger partial charge in [-0.3, -0.25) is 4.68 Å². The van der Waals surface area contributed by atoms with Gasteiger partial charge in [-0.2, -0.15) is 15.6 Å². The molecule has 0 atom stereocenters. The average Bonchev–Trinajstić information content (AvgIpc) is 2.94. The van der Waals surface area contributed by atoms with Gasteiger partial charge in [-0.05, 0) is 6.08 Å². The van der Waals surface area contributed by atoms with Gasteiger partial charge >= 0.3 is 5.97 Å². The Morgan fingerprint density at radius 2 is 2.05 bits per heavy atom. The minimum atomic E-state index is -1.29. The molecule has 0 aliphatic rings. The lowest BCUT2D eigenvalue weighted by atomic mass is 10.1. The van der Waals surface area contributed by atoms with Gasteiger partial charge in [0.05, 0.1) is 24.7 Å². The number of aryl methyl sites for hydroxylation is 1.